The van der Waals surface area contributed by atoms with Gasteiger partial charge in [0.05, 0.1) is 18.1 Å². The first-order valence-corrected chi connectivity index (χ1v) is 7.88. The lowest BCUT2D eigenvalue weighted by molar-refractivity contribution is -0.120. The van der Waals surface area contributed by atoms with Gasteiger partial charge in [0.25, 0.3) is 0 Å². The summed E-state index contributed by atoms with van der Waals surface area (Å²) < 4.78 is 7.29. The predicted octanol–water partition coefficient (Wildman–Crippen LogP) is 2.42. The van der Waals surface area contributed by atoms with Gasteiger partial charge in [-0.3, -0.25) is 4.79 Å². The Morgan fingerprint density at radius 3 is 2.67 bits per heavy atom. The molecule has 0 aliphatic carbocycles. The molecule has 0 fully saturated rings. The molecule has 0 unspecified atom stereocenters. The number of amides is 1. The lowest BCUT2D eigenvalue weighted by atomic mass is 10.2. The summed E-state index contributed by atoms with van der Waals surface area (Å²) in [7, 11) is 1.62. The number of carbonyl (C=O) groups excluding carboxylic acids is 2. The molecule has 0 aliphatic heterocycles. The summed E-state index contributed by atoms with van der Waals surface area (Å²) in [5.74, 6) is -0.354. The fraction of sp³-hybridized carbons (Fsp3) is 0.467. The van der Waals surface area contributed by atoms with E-state index in [2.05, 4.69) is 5.32 Å². The molecule has 0 bridgehead atoms. The highest BCUT2D eigenvalue weighted by Crippen LogP contribution is 2.27. The van der Waals surface area contributed by atoms with Crippen LogP contribution < -0.4 is 5.32 Å². The normalized spacial score (nSPS) is 11.1. The van der Waals surface area contributed by atoms with Gasteiger partial charge in [-0.2, -0.15) is 0 Å². The van der Waals surface area contributed by atoms with E-state index in [0.29, 0.717) is 12.0 Å². The van der Waals surface area contributed by atoms with Crippen LogP contribution in [0.1, 0.15) is 42.5 Å². The van der Waals surface area contributed by atoms with E-state index in [0.717, 1.165) is 22.6 Å². The number of carbonyl (C=O) groups is 2. The summed E-state index contributed by atoms with van der Waals surface area (Å²) in [5.41, 5.74) is 2.49. The molecule has 0 atom stereocenters. The molecular weight excluding hydrogens is 288 g/mol. The van der Waals surface area contributed by atoms with Gasteiger partial charge in [0.2, 0.25) is 5.91 Å². The van der Waals surface area contributed by atoms with Crippen molar-refractivity contribution in [1.82, 2.24) is 9.72 Å². The van der Waals surface area contributed by atoms with E-state index < -0.39 is 0 Å². The number of hydrogen-bond acceptors (Lipinski definition) is 4. The first kappa shape index (κ1) is 15.6. The molecule has 0 saturated carbocycles. The summed E-state index contributed by atoms with van der Waals surface area (Å²) in [6.07, 6.45) is 0.938. The van der Waals surface area contributed by atoms with Crippen LogP contribution in [0, 0.1) is 0 Å². The standard InChI is InChI=1S/C15H20N2O3S/c1-5-10-6-12(15(19)20-9(2)3)14-17(10)11(8-21-14)7-13(18)16-4/h6,8-9H,5,7H2,1-4H3,(H,16,18). The Balaban J connectivity index is 2.46. The van der Waals surface area contributed by atoms with Gasteiger partial charge in [-0.1, -0.05) is 6.92 Å². The lowest BCUT2D eigenvalue weighted by Crippen LogP contribution is -2.20. The Hall–Kier alpha value is -1.82. The van der Waals surface area contributed by atoms with Crippen LogP contribution in [0.15, 0.2) is 11.4 Å². The largest absolute Gasteiger partial charge is 0.459 e. The van der Waals surface area contributed by atoms with Gasteiger partial charge in [0.15, 0.2) is 0 Å². The topological polar surface area (TPSA) is 59.8 Å². The number of aromatic nitrogens is 1. The number of rotatable bonds is 5. The van der Waals surface area contributed by atoms with E-state index in [-0.39, 0.29) is 18.0 Å². The maximum atomic E-state index is 12.2. The molecule has 5 nitrogen and oxygen atoms in total. The van der Waals surface area contributed by atoms with Crippen molar-refractivity contribution in [2.75, 3.05) is 7.05 Å². The molecular formula is C15H20N2O3S. The third kappa shape index (κ3) is 3.10. The Morgan fingerprint density at radius 2 is 2.10 bits per heavy atom. The van der Waals surface area contributed by atoms with Crippen LogP contribution >= 0.6 is 11.3 Å². The van der Waals surface area contributed by atoms with E-state index >= 15 is 0 Å². The number of nitrogens with one attached hydrogen (secondary N) is 1. The first-order valence-electron chi connectivity index (χ1n) is 7.00. The average Bonchev–Trinajstić information content (AvgIpc) is 2.98. The fourth-order valence-corrected chi connectivity index (χ4v) is 3.25. The number of ether oxygens (including phenoxy) is 1. The summed E-state index contributed by atoms with van der Waals surface area (Å²) in [5, 5.41) is 4.55. The van der Waals surface area contributed by atoms with Crippen LogP contribution in [0.5, 0.6) is 0 Å². The maximum absolute atomic E-state index is 12.2. The van der Waals surface area contributed by atoms with Gasteiger partial charge in [-0.05, 0) is 26.3 Å². The molecule has 6 heteroatoms. The zero-order chi connectivity index (χ0) is 15.6. The van der Waals surface area contributed by atoms with E-state index in [1.165, 1.54) is 11.3 Å². The fourth-order valence-electron chi connectivity index (χ4n) is 2.21. The number of aryl methyl sites for hydroxylation is 1. The number of esters is 1. The number of hydrogen-bond donors (Lipinski definition) is 1. The highest BCUT2D eigenvalue weighted by Gasteiger charge is 2.21. The Bertz CT molecular complexity index is 670. The smallest absolute Gasteiger partial charge is 0.341 e. The summed E-state index contributed by atoms with van der Waals surface area (Å²) >= 11 is 1.47. The van der Waals surface area contributed by atoms with Crippen molar-refractivity contribution < 1.29 is 14.3 Å². The second kappa shape index (κ2) is 6.30. The lowest BCUT2D eigenvalue weighted by Gasteiger charge is -2.05. The zero-order valence-corrected chi connectivity index (χ0v) is 13.5. The van der Waals surface area contributed by atoms with E-state index in [9.17, 15) is 9.59 Å². The summed E-state index contributed by atoms with van der Waals surface area (Å²) in [6.45, 7) is 5.69. The molecule has 21 heavy (non-hydrogen) atoms. The minimum atomic E-state index is -0.310. The number of nitrogens with zero attached hydrogens (tertiary/aromatic N) is 1. The average molecular weight is 308 g/mol. The quantitative estimate of drug-likeness (QED) is 0.863. The Morgan fingerprint density at radius 1 is 1.38 bits per heavy atom. The number of fused-ring (bicyclic) bond motifs is 1. The van der Waals surface area contributed by atoms with Crippen molar-refractivity contribution in [3.8, 4) is 0 Å². The van der Waals surface area contributed by atoms with Gasteiger partial charge in [-0.25, -0.2) is 4.79 Å². The molecule has 1 amide bonds. The van der Waals surface area contributed by atoms with Crippen LogP contribution in [0.25, 0.3) is 4.83 Å². The van der Waals surface area contributed by atoms with Gasteiger partial charge in [0, 0.05) is 23.8 Å². The van der Waals surface area contributed by atoms with Gasteiger partial charge in [0.1, 0.15) is 4.83 Å². The second-order valence-corrected chi connectivity index (χ2v) is 5.93. The molecule has 2 rings (SSSR count). The SMILES string of the molecule is CCc1cc(C(=O)OC(C)C)c2scc(CC(=O)NC)n12. The minimum Gasteiger partial charge on any atom is -0.459 e. The van der Waals surface area contributed by atoms with Gasteiger partial charge >= 0.3 is 5.97 Å². The molecule has 2 aromatic rings. The van der Waals surface area contributed by atoms with E-state index in [4.69, 9.17) is 4.74 Å². The minimum absolute atomic E-state index is 0.0447. The molecule has 114 valence electrons. The third-order valence-electron chi connectivity index (χ3n) is 3.17. The molecule has 0 spiro atoms. The summed E-state index contributed by atoms with van der Waals surface area (Å²) in [4.78, 5) is 24.6. The van der Waals surface area contributed by atoms with E-state index in [1.54, 1.807) is 7.05 Å². The Kier molecular flexibility index (Phi) is 4.67. The molecule has 0 saturated heterocycles. The maximum Gasteiger partial charge on any atom is 0.341 e. The van der Waals surface area contributed by atoms with Crippen LogP contribution in [-0.4, -0.2) is 29.4 Å². The third-order valence-corrected chi connectivity index (χ3v) is 4.19. The van der Waals surface area contributed by atoms with Crippen LogP contribution in [0.4, 0.5) is 0 Å². The highest BCUT2D eigenvalue weighted by atomic mass is 32.1. The van der Waals surface area contributed by atoms with Crippen LogP contribution in [0.2, 0.25) is 0 Å². The van der Waals surface area contributed by atoms with Crippen molar-refractivity contribution in [2.45, 2.75) is 39.7 Å². The van der Waals surface area contributed by atoms with E-state index in [1.807, 2.05) is 36.6 Å². The van der Waals surface area contributed by atoms with Crippen molar-refractivity contribution in [3.63, 3.8) is 0 Å². The predicted molar refractivity (Wildman–Crippen MR) is 83.0 cm³/mol. The van der Waals surface area contributed by atoms with Crippen LogP contribution in [0.3, 0.4) is 0 Å². The monoisotopic (exact) mass is 308 g/mol. The molecule has 1 N–H and O–H groups in total. The summed E-state index contributed by atoms with van der Waals surface area (Å²) in [6, 6.07) is 1.86. The van der Waals surface area contributed by atoms with Crippen molar-refractivity contribution in [3.05, 3.63) is 28.4 Å². The molecule has 2 aromatic heterocycles. The first-order chi connectivity index (χ1) is 9.97. The van der Waals surface area contributed by atoms with Crippen molar-refractivity contribution >= 4 is 28.0 Å². The van der Waals surface area contributed by atoms with Crippen molar-refractivity contribution in [1.29, 1.82) is 0 Å². The second-order valence-electron chi connectivity index (χ2n) is 5.07. The highest BCUT2D eigenvalue weighted by molar-refractivity contribution is 7.16. The van der Waals surface area contributed by atoms with Gasteiger partial charge in [-0.15, -0.1) is 11.3 Å². The molecule has 0 aliphatic rings. The van der Waals surface area contributed by atoms with Crippen molar-refractivity contribution in [2.24, 2.45) is 0 Å². The molecule has 0 aromatic carbocycles. The number of thiazole rings is 1. The van der Waals surface area contributed by atoms with Crippen LogP contribution in [-0.2, 0) is 22.4 Å². The van der Waals surface area contributed by atoms with Gasteiger partial charge < -0.3 is 14.5 Å². The molecule has 2 heterocycles. The zero-order valence-electron chi connectivity index (χ0n) is 12.7. The number of likely N-dealkylation sites (N-methyl/N-ethyl adjacent to an activating group) is 1. The Labute approximate surface area is 127 Å². The molecule has 0 radical (unpaired) electrons.